The van der Waals surface area contributed by atoms with Crippen molar-refractivity contribution < 1.29 is 9.90 Å². The first kappa shape index (κ1) is 10.1. The second kappa shape index (κ2) is 3.83. The molecule has 5 heteroatoms. The van der Waals surface area contributed by atoms with Crippen LogP contribution in [0.2, 0.25) is 0 Å². The summed E-state index contributed by atoms with van der Waals surface area (Å²) in [5.41, 5.74) is 0.905. The van der Waals surface area contributed by atoms with Crippen molar-refractivity contribution in [2.24, 2.45) is 7.05 Å². The molecule has 4 nitrogen and oxygen atoms in total. The Morgan fingerprint density at radius 1 is 1.77 bits per heavy atom. The van der Waals surface area contributed by atoms with Gasteiger partial charge in [-0.1, -0.05) is 11.8 Å². The molecule has 0 spiro atoms. The summed E-state index contributed by atoms with van der Waals surface area (Å²) in [6, 6.07) is 1.88. The second-order valence-electron chi connectivity index (χ2n) is 2.85. The maximum Gasteiger partial charge on any atom is 0.316 e. The number of carbonyl (C=O) groups is 1. The lowest BCUT2D eigenvalue weighted by molar-refractivity contribution is -0.136. The molecule has 0 bridgehead atoms. The summed E-state index contributed by atoms with van der Waals surface area (Å²) in [5, 5.41) is 13.3. The average molecular weight is 200 g/mol. The van der Waals surface area contributed by atoms with Gasteiger partial charge in [-0.25, -0.2) is 0 Å². The first-order valence-electron chi connectivity index (χ1n) is 3.91. The molecule has 1 N–H and O–H groups in total. The Morgan fingerprint density at radius 2 is 2.38 bits per heavy atom. The van der Waals surface area contributed by atoms with E-state index in [4.69, 9.17) is 5.11 Å². The van der Waals surface area contributed by atoms with Crippen molar-refractivity contribution in [3.63, 3.8) is 0 Å². The van der Waals surface area contributed by atoms with Gasteiger partial charge in [0.15, 0.2) is 0 Å². The molecule has 1 rings (SSSR count). The van der Waals surface area contributed by atoms with Gasteiger partial charge in [0.1, 0.15) is 5.25 Å². The van der Waals surface area contributed by atoms with E-state index in [2.05, 4.69) is 5.10 Å². The number of aromatic nitrogens is 2. The minimum atomic E-state index is -0.802. The molecule has 0 aliphatic rings. The van der Waals surface area contributed by atoms with E-state index in [9.17, 15) is 4.79 Å². The second-order valence-corrected chi connectivity index (χ2v) is 4.21. The fourth-order valence-electron chi connectivity index (χ4n) is 0.929. The van der Waals surface area contributed by atoms with Crippen molar-refractivity contribution in [3.05, 3.63) is 11.8 Å². The molecule has 0 fully saturated rings. The van der Waals surface area contributed by atoms with E-state index in [-0.39, 0.29) is 0 Å². The summed E-state index contributed by atoms with van der Waals surface area (Å²) in [4.78, 5) is 10.6. The summed E-state index contributed by atoms with van der Waals surface area (Å²) in [7, 11) is 1.81. The number of carboxylic acid groups (broad SMARTS) is 1. The van der Waals surface area contributed by atoms with Crippen molar-refractivity contribution >= 4 is 17.7 Å². The van der Waals surface area contributed by atoms with Crippen LogP contribution in [0.1, 0.15) is 12.6 Å². The van der Waals surface area contributed by atoms with Crippen LogP contribution >= 0.6 is 11.8 Å². The number of aryl methyl sites for hydroxylation is 2. The van der Waals surface area contributed by atoms with Gasteiger partial charge in [0.05, 0.1) is 10.7 Å². The molecule has 1 aromatic rings. The van der Waals surface area contributed by atoms with Crippen molar-refractivity contribution in [1.29, 1.82) is 0 Å². The monoisotopic (exact) mass is 200 g/mol. The highest BCUT2D eigenvalue weighted by atomic mass is 32.2. The van der Waals surface area contributed by atoms with Crippen LogP contribution in [0.4, 0.5) is 0 Å². The van der Waals surface area contributed by atoms with E-state index in [0.29, 0.717) is 0 Å². The Hall–Kier alpha value is -0.970. The van der Waals surface area contributed by atoms with Crippen LogP contribution in [-0.4, -0.2) is 26.1 Å². The molecule has 1 heterocycles. The largest absolute Gasteiger partial charge is 0.480 e. The maximum absolute atomic E-state index is 10.6. The zero-order valence-corrected chi connectivity index (χ0v) is 8.63. The topological polar surface area (TPSA) is 55.1 Å². The molecule has 1 atom stereocenters. The lowest BCUT2D eigenvalue weighted by atomic mass is 10.5. The highest BCUT2D eigenvalue weighted by molar-refractivity contribution is 8.00. The number of hydrogen-bond acceptors (Lipinski definition) is 3. The number of rotatable bonds is 3. The number of aliphatic carboxylic acids is 1. The van der Waals surface area contributed by atoms with Gasteiger partial charge in [0.2, 0.25) is 0 Å². The van der Waals surface area contributed by atoms with Crippen molar-refractivity contribution in [2.75, 3.05) is 0 Å². The van der Waals surface area contributed by atoms with Crippen LogP contribution in [0, 0.1) is 6.92 Å². The smallest absolute Gasteiger partial charge is 0.316 e. The Bertz CT molecular complexity index is 322. The van der Waals surface area contributed by atoms with E-state index < -0.39 is 11.2 Å². The minimum Gasteiger partial charge on any atom is -0.480 e. The predicted octanol–water partition coefficient (Wildman–Crippen LogP) is 1.29. The van der Waals surface area contributed by atoms with Crippen LogP contribution in [-0.2, 0) is 11.8 Å². The number of hydrogen-bond donors (Lipinski definition) is 1. The molecule has 13 heavy (non-hydrogen) atoms. The SMILES string of the molecule is Cc1cc(SC(C)C(=O)O)n(C)n1. The lowest BCUT2D eigenvalue weighted by Gasteiger charge is -2.04. The zero-order valence-electron chi connectivity index (χ0n) is 7.81. The molecule has 0 aliphatic heterocycles. The standard InChI is InChI=1S/C8H12N2O2S/c1-5-4-7(10(3)9-5)13-6(2)8(11)12/h4,6H,1-3H3,(H,11,12). The van der Waals surface area contributed by atoms with Crippen LogP contribution in [0.15, 0.2) is 11.1 Å². The molecule has 0 radical (unpaired) electrons. The van der Waals surface area contributed by atoms with Gasteiger partial charge in [0.25, 0.3) is 0 Å². The third kappa shape index (κ3) is 2.48. The number of carboxylic acids is 1. The first-order valence-corrected chi connectivity index (χ1v) is 4.79. The molecule has 0 saturated heterocycles. The minimum absolute atomic E-state index is 0.435. The Kier molecular flexibility index (Phi) is 2.98. The molecule has 1 unspecified atom stereocenters. The number of nitrogens with zero attached hydrogens (tertiary/aromatic N) is 2. The van der Waals surface area contributed by atoms with Crippen LogP contribution in [0.5, 0.6) is 0 Å². The van der Waals surface area contributed by atoms with E-state index >= 15 is 0 Å². The van der Waals surface area contributed by atoms with E-state index in [1.54, 1.807) is 11.6 Å². The summed E-state index contributed by atoms with van der Waals surface area (Å²) >= 11 is 1.30. The quantitative estimate of drug-likeness (QED) is 0.747. The molecule has 1 aromatic heterocycles. The Morgan fingerprint density at radius 3 is 2.77 bits per heavy atom. The molecular formula is C8H12N2O2S. The molecule has 0 saturated carbocycles. The fourth-order valence-corrected chi connectivity index (χ4v) is 1.82. The molecule has 0 amide bonds. The Balaban J connectivity index is 2.74. The van der Waals surface area contributed by atoms with E-state index in [0.717, 1.165) is 10.7 Å². The van der Waals surface area contributed by atoms with Crippen LogP contribution in [0.25, 0.3) is 0 Å². The predicted molar refractivity (Wildman–Crippen MR) is 50.9 cm³/mol. The highest BCUT2D eigenvalue weighted by Crippen LogP contribution is 2.23. The van der Waals surface area contributed by atoms with Crippen LogP contribution < -0.4 is 0 Å². The van der Waals surface area contributed by atoms with Gasteiger partial charge in [-0.3, -0.25) is 9.48 Å². The Labute approximate surface area is 80.9 Å². The fraction of sp³-hybridized carbons (Fsp3) is 0.500. The molecule has 0 aliphatic carbocycles. The molecular weight excluding hydrogens is 188 g/mol. The van der Waals surface area contributed by atoms with E-state index in [1.165, 1.54) is 11.8 Å². The van der Waals surface area contributed by atoms with Crippen molar-refractivity contribution in [2.45, 2.75) is 24.1 Å². The van der Waals surface area contributed by atoms with Gasteiger partial charge >= 0.3 is 5.97 Å². The first-order chi connectivity index (χ1) is 6.00. The normalized spacial score (nSPS) is 12.8. The van der Waals surface area contributed by atoms with Crippen LogP contribution in [0.3, 0.4) is 0 Å². The summed E-state index contributed by atoms with van der Waals surface area (Å²) in [5.74, 6) is -0.802. The molecule has 0 aromatic carbocycles. The van der Waals surface area contributed by atoms with Crippen molar-refractivity contribution in [1.82, 2.24) is 9.78 Å². The third-order valence-corrected chi connectivity index (χ3v) is 2.78. The zero-order chi connectivity index (χ0) is 10.0. The highest BCUT2D eigenvalue weighted by Gasteiger charge is 2.14. The van der Waals surface area contributed by atoms with Gasteiger partial charge in [-0.2, -0.15) is 5.10 Å². The summed E-state index contributed by atoms with van der Waals surface area (Å²) in [6.07, 6.45) is 0. The van der Waals surface area contributed by atoms with E-state index in [1.807, 2.05) is 20.0 Å². The van der Waals surface area contributed by atoms with Gasteiger partial charge in [-0.15, -0.1) is 0 Å². The summed E-state index contributed by atoms with van der Waals surface area (Å²) in [6.45, 7) is 3.55. The van der Waals surface area contributed by atoms with Gasteiger partial charge in [0, 0.05) is 7.05 Å². The lowest BCUT2D eigenvalue weighted by Crippen LogP contribution is -2.12. The van der Waals surface area contributed by atoms with Gasteiger partial charge in [-0.05, 0) is 19.9 Å². The third-order valence-electron chi connectivity index (χ3n) is 1.60. The van der Waals surface area contributed by atoms with Gasteiger partial charge < -0.3 is 5.11 Å². The maximum atomic E-state index is 10.6. The van der Waals surface area contributed by atoms with Crippen molar-refractivity contribution in [3.8, 4) is 0 Å². The number of thioether (sulfide) groups is 1. The molecule has 72 valence electrons. The average Bonchev–Trinajstić information content (AvgIpc) is 2.30. The summed E-state index contributed by atoms with van der Waals surface area (Å²) < 4.78 is 1.69.